The molecule has 2 heterocycles. The van der Waals surface area contributed by atoms with E-state index in [1.807, 2.05) is 12.1 Å². The zero-order chi connectivity index (χ0) is 13.9. The average Bonchev–Trinajstić information content (AvgIpc) is 2.91. The Morgan fingerprint density at radius 1 is 1.45 bits per heavy atom. The minimum Gasteiger partial charge on any atom is -0.493 e. The lowest BCUT2D eigenvalue weighted by molar-refractivity contribution is 0.255. The van der Waals surface area contributed by atoms with Gasteiger partial charge in [-0.05, 0) is 52.4 Å². The summed E-state index contributed by atoms with van der Waals surface area (Å²) in [6.45, 7) is 0.785. The summed E-state index contributed by atoms with van der Waals surface area (Å²) in [5.74, 6) is 7.27. The monoisotopic (exact) mass is 352 g/mol. The fraction of sp³-hybridized carbons (Fsp3) is 0.333. The number of hydrogen-bond donors (Lipinski definition) is 2. The molecule has 3 rings (SSSR count). The number of hydrogen-bond acceptors (Lipinski definition) is 4. The van der Waals surface area contributed by atoms with Crippen LogP contribution in [0.3, 0.4) is 0 Å². The van der Waals surface area contributed by atoms with E-state index in [2.05, 4.69) is 44.9 Å². The Hall–Kier alpha value is -0.880. The van der Waals surface area contributed by atoms with E-state index in [9.17, 15) is 0 Å². The van der Waals surface area contributed by atoms with Gasteiger partial charge in [-0.25, -0.2) is 0 Å². The van der Waals surface area contributed by atoms with Crippen LogP contribution in [0, 0.1) is 0 Å². The fourth-order valence-corrected chi connectivity index (χ4v) is 4.24. The van der Waals surface area contributed by atoms with Crippen LogP contribution in [0.15, 0.2) is 40.2 Å². The molecule has 2 unspecified atom stereocenters. The molecule has 0 fully saturated rings. The van der Waals surface area contributed by atoms with Gasteiger partial charge in [0, 0.05) is 14.7 Å². The van der Waals surface area contributed by atoms with Crippen LogP contribution in [0.2, 0.25) is 0 Å². The highest BCUT2D eigenvalue weighted by molar-refractivity contribution is 9.10. The van der Waals surface area contributed by atoms with Crippen molar-refractivity contribution in [1.29, 1.82) is 0 Å². The van der Waals surface area contributed by atoms with Crippen LogP contribution in [-0.4, -0.2) is 6.61 Å². The Balaban J connectivity index is 1.80. The molecular weight excluding hydrogens is 336 g/mol. The van der Waals surface area contributed by atoms with Crippen molar-refractivity contribution >= 4 is 27.3 Å². The van der Waals surface area contributed by atoms with Gasteiger partial charge >= 0.3 is 0 Å². The molecule has 3 N–H and O–H groups in total. The molecule has 20 heavy (non-hydrogen) atoms. The van der Waals surface area contributed by atoms with E-state index in [0.29, 0.717) is 5.92 Å². The Kier molecular flexibility index (Phi) is 4.41. The summed E-state index contributed by atoms with van der Waals surface area (Å²) >= 11 is 5.23. The highest BCUT2D eigenvalue weighted by Crippen LogP contribution is 2.39. The molecule has 0 amide bonds. The number of rotatable bonds is 4. The molecule has 5 heteroatoms. The number of halogens is 1. The predicted molar refractivity (Wildman–Crippen MR) is 86.0 cm³/mol. The summed E-state index contributed by atoms with van der Waals surface area (Å²) in [5, 5.41) is 2.09. The second-order valence-corrected chi connectivity index (χ2v) is 6.85. The van der Waals surface area contributed by atoms with Crippen molar-refractivity contribution in [3.8, 4) is 5.75 Å². The van der Waals surface area contributed by atoms with Crippen molar-refractivity contribution in [3.05, 3.63) is 50.6 Å². The molecule has 3 nitrogen and oxygen atoms in total. The second kappa shape index (κ2) is 6.26. The van der Waals surface area contributed by atoms with Crippen molar-refractivity contribution in [2.45, 2.75) is 24.8 Å². The van der Waals surface area contributed by atoms with Crippen LogP contribution in [0.25, 0.3) is 0 Å². The number of benzene rings is 1. The number of hydrazine groups is 1. The largest absolute Gasteiger partial charge is 0.493 e. The van der Waals surface area contributed by atoms with Gasteiger partial charge in [0.05, 0.1) is 12.6 Å². The van der Waals surface area contributed by atoms with Gasteiger partial charge in [0.1, 0.15) is 5.75 Å². The van der Waals surface area contributed by atoms with Gasteiger partial charge in [-0.15, -0.1) is 11.3 Å². The second-order valence-electron chi connectivity index (χ2n) is 4.99. The van der Waals surface area contributed by atoms with Crippen molar-refractivity contribution in [3.63, 3.8) is 0 Å². The third kappa shape index (κ3) is 2.91. The number of ether oxygens (including phenoxy) is 1. The number of nitrogens with one attached hydrogen (secondary N) is 1. The molecule has 1 aromatic carbocycles. The standard InChI is InChI=1S/C15H17BrN2OS/c16-11-8-15(20-9-11)13(18-17)7-10-5-6-19-14-4-2-1-3-12(10)14/h1-4,8-10,13,18H,5-7,17H2. The van der Waals surface area contributed by atoms with Crippen LogP contribution in [-0.2, 0) is 0 Å². The Morgan fingerprint density at radius 3 is 3.05 bits per heavy atom. The summed E-state index contributed by atoms with van der Waals surface area (Å²) in [7, 11) is 0. The minimum atomic E-state index is 0.183. The van der Waals surface area contributed by atoms with Gasteiger partial charge < -0.3 is 4.74 Å². The molecular formula is C15H17BrN2OS. The van der Waals surface area contributed by atoms with Crippen LogP contribution < -0.4 is 16.0 Å². The first kappa shape index (κ1) is 14.1. The smallest absolute Gasteiger partial charge is 0.122 e. The molecule has 0 spiro atoms. The quantitative estimate of drug-likeness (QED) is 0.646. The van der Waals surface area contributed by atoms with Gasteiger partial charge in [-0.3, -0.25) is 11.3 Å². The minimum absolute atomic E-state index is 0.183. The summed E-state index contributed by atoms with van der Waals surface area (Å²) in [6, 6.07) is 10.6. The van der Waals surface area contributed by atoms with E-state index in [0.717, 1.165) is 29.7 Å². The third-order valence-corrected chi connectivity index (χ3v) is 5.54. The van der Waals surface area contributed by atoms with E-state index in [-0.39, 0.29) is 6.04 Å². The van der Waals surface area contributed by atoms with Crippen molar-refractivity contribution in [2.24, 2.45) is 5.84 Å². The summed E-state index contributed by atoms with van der Waals surface area (Å²) in [5.41, 5.74) is 4.26. The lowest BCUT2D eigenvalue weighted by atomic mass is 9.87. The SMILES string of the molecule is NNC(CC1CCOc2ccccc21)c1cc(Br)cs1. The van der Waals surface area contributed by atoms with E-state index in [1.165, 1.54) is 10.4 Å². The highest BCUT2D eigenvalue weighted by Gasteiger charge is 2.25. The Labute approximate surface area is 131 Å². The maximum Gasteiger partial charge on any atom is 0.122 e. The zero-order valence-corrected chi connectivity index (χ0v) is 13.4. The normalized spacial score (nSPS) is 19.2. The molecule has 0 bridgehead atoms. The fourth-order valence-electron chi connectivity index (χ4n) is 2.72. The molecule has 0 radical (unpaired) electrons. The van der Waals surface area contributed by atoms with Crippen LogP contribution in [0.1, 0.15) is 35.2 Å². The average molecular weight is 353 g/mol. The highest BCUT2D eigenvalue weighted by atomic mass is 79.9. The molecule has 2 aromatic rings. The maximum absolute atomic E-state index is 5.76. The summed E-state index contributed by atoms with van der Waals surface area (Å²) in [6.07, 6.45) is 2.03. The molecule has 1 aromatic heterocycles. The molecule has 0 saturated heterocycles. The Bertz CT molecular complexity index is 587. The number of nitrogens with two attached hydrogens (primary N) is 1. The first-order valence-electron chi connectivity index (χ1n) is 6.69. The van der Waals surface area contributed by atoms with Crippen molar-refractivity contribution < 1.29 is 4.74 Å². The van der Waals surface area contributed by atoms with Crippen molar-refractivity contribution in [1.82, 2.24) is 5.43 Å². The molecule has 2 atom stereocenters. The summed E-state index contributed by atoms with van der Waals surface area (Å²) in [4.78, 5) is 1.27. The molecule has 1 aliphatic rings. The van der Waals surface area contributed by atoms with Gasteiger partial charge in [-0.2, -0.15) is 0 Å². The lowest BCUT2D eigenvalue weighted by Gasteiger charge is -2.28. The zero-order valence-electron chi connectivity index (χ0n) is 11.0. The first-order chi connectivity index (χ1) is 9.78. The third-order valence-electron chi connectivity index (χ3n) is 3.74. The predicted octanol–water partition coefficient (Wildman–Crippen LogP) is 3.97. The van der Waals surface area contributed by atoms with Gasteiger partial charge in [0.25, 0.3) is 0 Å². The van der Waals surface area contributed by atoms with Crippen molar-refractivity contribution in [2.75, 3.05) is 6.61 Å². The first-order valence-corrected chi connectivity index (χ1v) is 8.37. The van der Waals surface area contributed by atoms with E-state index in [1.54, 1.807) is 11.3 Å². The molecule has 1 aliphatic heterocycles. The Morgan fingerprint density at radius 2 is 2.30 bits per heavy atom. The number of thiophene rings is 1. The lowest BCUT2D eigenvalue weighted by Crippen LogP contribution is -2.29. The van der Waals surface area contributed by atoms with Crippen LogP contribution >= 0.6 is 27.3 Å². The van der Waals surface area contributed by atoms with E-state index in [4.69, 9.17) is 10.6 Å². The summed E-state index contributed by atoms with van der Waals surface area (Å²) < 4.78 is 6.84. The van der Waals surface area contributed by atoms with Crippen LogP contribution in [0.4, 0.5) is 0 Å². The molecule has 0 saturated carbocycles. The van der Waals surface area contributed by atoms with E-state index >= 15 is 0 Å². The van der Waals surface area contributed by atoms with E-state index < -0.39 is 0 Å². The molecule has 0 aliphatic carbocycles. The topological polar surface area (TPSA) is 47.3 Å². The number of para-hydroxylation sites is 1. The molecule has 106 valence electrons. The van der Waals surface area contributed by atoms with Gasteiger partial charge in [-0.1, -0.05) is 18.2 Å². The van der Waals surface area contributed by atoms with Crippen LogP contribution in [0.5, 0.6) is 5.75 Å². The number of fused-ring (bicyclic) bond motifs is 1. The van der Waals surface area contributed by atoms with Gasteiger partial charge in [0.15, 0.2) is 0 Å². The van der Waals surface area contributed by atoms with Gasteiger partial charge in [0.2, 0.25) is 0 Å². The maximum atomic E-state index is 5.76.